The Kier molecular flexibility index (Phi) is 6.86. The van der Waals surface area contributed by atoms with Crippen molar-refractivity contribution in [1.82, 2.24) is 9.80 Å². The molecule has 1 aromatic carbocycles. The van der Waals surface area contributed by atoms with Gasteiger partial charge in [0.1, 0.15) is 18.0 Å². The summed E-state index contributed by atoms with van der Waals surface area (Å²) in [6.07, 6.45) is 3.21. The van der Waals surface area contributed by atoms with Crippen molar-refractivity contribution in [1.29, 1.82) is 0 Å². The van der Waals surface area contributed by atoms with E-state index in [2.05, 4.69) is 5.92 Å². The van der Waals surface area contributed by atoms with Crippen molar-refractivity contribution in [2.24, 2.45) is 0 Å². The molecule has 0 spiro atoms. The lowest BCUT2D eigenvalue weighted by Crippen LogP contribution is -2.70. The van der Waals surface area contributed by atoms with Crippen LogP contribution in [0, 0.1) is 12.3 Å². The smallest absolute Gasteiger partial charge is 0.410 e. The van der Waals surface area contributed by atoms with E-state index in [1.807, 2.05) is 0 Å². The molecule has 0 aliphatic carbocycles. The summed E-state index contributed by atoms with van der Waals surface area (Å²) in [7, 11) is 0. The molecule has 1 N–H and O–H groups in total. The number of terminal acetylenes is 1. The summed E-state index contributed by atoms with van der Waals surface area (Å²) in [5, 5.41) is 9.59. The SMILES string of the molecule is C#CCOc1cccc(CC2N(C(=O)OC(C)(C)C)CC(C)N(C(=O)O)C2(C)F)c1. The quantitative estimate of drug-likeness (QED) is 0.590. The van der Waals surface area contributed by atoms with Crippen LogP contribution in [0.3, 0.4) is 0 Å². The fourth-order valence-electron chi connectivity index (χ4n) is 3.67. The third-order valence-corrected chi connectivity index (χ3v) is 4.84. The van der Waals surface area contributed by atoms with E-state index in [0.717, 1.165) is 4.90 Å². The van der Waals surface area contributed by atoms with E-state index >= 15 is 4.39 Å². The summed E-state index contributed by atoms with van der Waals surface area (Å²) in [6.45, 7) is 8.00. The van der Waals surface area contributed by atoms with E-state index in [1.165, 1.54) is 11.8 Å². The molecular formula is C22H29FN2O5. The Morgan fingerprint density at radius 2 is 2.07 bits per heavy atom. The lowest BCUT2D eigenvalue weighted by atomic mass is 9.91. The molecule has 1 fully saturated rings. The molecule has 30 heavy (non-hydrogen) atoms. The minimum absolute atomic E-state index is 0.0126. The zero-order valence-corrected chi connectivity index (χ0v) is 18.0. The van der Waals surface area contributed by atoms with Gasteiger partial charge in [0.25, 0.3) is 0 Å². The van der Waals surface area contributed by atoms with Crippen LogP contribution in [-0.4, -0.2) is 63.7 Å². The van der Waals surface area contributed by atoms with Gasteiger partial charge in [0.05, 0.1) is 12.1 Å². The van der Waals surface area contributed by atoms with Gasteiger partial charge in [-0.3, -0.25) is 9.80 Å². The number of rotatable bonds is 4. The zero-order chi connectivity index (χ0) is 22.7. The maximum atomic E-state index is 16.0. The van der Waals surface area contributed by atoms with Crippen molar-refractivity contribution in [3.05, 3.63) is 29.8 Å². The molecule has 2 rings (SSSR count). The zero-order valence-electron chi connectivity index (χ0n) is 18.0. The van der Waals surface area contributed by atoms with Crippen molar-refractivity contribution >= 4 is 12.2 Å². The highest BCUT2D eigenvalue weighted by Gasteiger charge is 2.54. The highest BCUT2D eigenvalue weighted by molar-refractivity contribution is 5.71. The van der Waals surface area contributed by atoms with E-state index in [0.29, 0.717) is 11.3 Å². The van der Waals surface area contributed by atoms with Crippen LogP contribution in [0.4, 0.5) is 14.0 Å². The van der Waals surface area contributed by atoms with Gasteiger partial charge in [0, 0.05) is 6.54 Å². The Hall–Kier alpha value is -2.95. The number of carbonyl (C=O) groups is 2. The van der Waals surface area contributed by atoms with Crippen LogP contribution in [-0.2, 0) is 11.2 Å². The lowest BCUT2D eigenvalue weighted by molar-refractivity contribution is -0.127. The Morgan fingerprint density at radius 1 is 1.40 bits per heavy atom. The summed E-state index contributed by atoms with van der Waals surface area (Å²) in [4.78, 5) is 26.7. The molecule has 1 saturated heterocycles. The van der Waals surface area contributed by atoms with E-state index in [4.69, 9.17) is 15.9 Å². The van der Waals surface area contributed by atoms with Gasteiger partial charge >= 0.3 is 12.2 Å². The average molecular weight is 420 g/mol. The summed E-state index contributed by atoms with van der Waals surface area (Å²) < 4.78 is 26.9. The number of benzene rings is 1. The summed E-state index contributed by atoms with van der Waals surface area (Å²) in [5.74, 6) is 0.545. The Labute approximate surface area is 176 Å². The fourth-order valence-corrected chi connectivity index (χ4v) is 3.67. The number of hydrogen-bond donors (Lipinski definition) is 1. The molecule has 2 amide bonds. The van der Waals surface area contributed by atoms with Crippen LogP contribution in [0.2, 0.25) is 0 Å². The molecule has 0 saturated carbocycles. The van der Waals surface area contributed by atoms with E-state index in [-0.39, 0.29) is 19.6 Å². The molecule has 3 unspecified atom stereocenters. The summed E-state index contributed by atoms with van der Waals surface area (Å²) >= 11 is 0. The number of hydrogen-bond acceptors (Lipinski definition) is 4. The first-order valence-electron chi connectivity index (χ1n) is 9.73. The highest BCUT2D eigenvalue weighted by atomic mass is 19.1. The third kappa shape index (κ3) is 5.35. The second kappa shape index (κ2) is 8.82. The van der Waals surface area contributed by atoms with Crippen molar-refractivity contribution in [2.45, 2.75) is 64.5 Å². The lowest BCUT2D eigenvalue weighted by Gasteiger charge is -2.51. The van der Waals surface area contributed by atoms with Gasteiger partial charge in [-0.05, 0) is 58.7 Å². The van der Waals surface area contributed by atoms with Crippen LogP contribution in [0.5, 0.6) is 5.75 Å². The van der Waals surface area contributed by atoms with Gasteiger partial charge in [-0.1, -0.05) is 18.1 Å². The van der Waals surface area contributed by atoms with Gasteiger partial charge in [-0.25, -0.2) is 14.0 Å². The van der Waals surface area contributed by atoms with E-state index in [1.54, 1.807) is 52.0 Å². The van der Waals surface area contributed by atoms with Gasteiger partial charge < -0.3 is 14.6 Å². The van der Waals surface area contributed by atoms with Crippen molar-refractivity contribution in [3.8, 4) is 18.1 Å². The van der Waals surface area contributed by atoms with Crippen LogP contribution in [0.1, 0.15) is 40.2 Å². The van der Waals surface area contributed by atoms with Crippen LogP contribution < -0.4 is 4.74 Å². The second-order valence-corrected chi connectivity index (χ2v) is 8.52. The Balaban J connectivity index is 2.41. The van der Waals surface area contributed by atoms with Crippen molar-refractivity contribution < 1.29 is 28.6 Å². The molecule has 0 bridgehead atoms. The van der Waals surface area contributed by atoms with Crippen molar-refractivity contribution in [2.75, 3.05) is 13.2 Å². The second-order valence-electron chi connectivity index (χ2n) is 8.52. The normalized spacial score (nSPS) is 24.2. The first-order valence-corrected chi connectivity index (χ1v) is 9.73. The molecule has 1 aliphatic rings. The monoisotopic (exact) mass is 420 g/mol. The number of carboxylic acid groups (broad SMARTS) is 1. The number of nitrogens with zero attached hydrogens (tertiary/aromatic N) is 2. The van der Waals surface area contributed by atoms with Gasteiger partial charge in [0.2, 0.25) is 5.79 Å². The van der Waals surface area contributed by atoms with Crippen LogP contribution in [0.15, 0.2) is 24.3 Å². The minimum Gasteiger partial charge on any atom is -0.481 e. The number of ether oxygens (including phenoxy) is 2. The molecule has 3 atom stereocenters. The summed E-state index contributed by atoms with van der Waals surface area (Å²) in [5.41, 5.74) is -0.100. The largest absolute Gasteiger partial charge is 0.481 e. The number of alkyl halides is 1. The van der Waals surface area contributed by atoms with Crippen molar-refractivity contribution in [3.63, 3.8) is 0 Å². The molecule has 1 aliphatic heterocycles. The fraction of sp³-hybridized carbons (Fsp3) is 0.545. The maximum Gasteiger partial charge on any atom is 0.410 e. The third-order valence-electron chi connectivity index (χ3n) is 4.84. The Bertz CT molecular complexity index is 828. The molecule has 164 valence electrons. The molecular weight excluding hydrogens is 391 g/mol. The molecule has 0 aromatic heterocycles. The van der Waals surface area contributed by atoms with Crippen LogP contribution in [0.25, 0.3) is 0 Å². The molecule has 1 aromatic rings. The average Bonchev–Trinajstić information content (AvgIpc) is 2.60. The first kappa shape index (κ1) is 23.3. The van der Waals surface area contributed by atoms with E-state index < -0.39 is 35.7 Å². The molecule has 0 radical (unpaired) electrons. The van der Waals surface area contributed by atoms with Gasteiger partial charge in [0.15, 0.2) is 0 Å². The predicted molar refractivity (Wildman–Crippen MR) is 110 cm³/mol. The predicted octanol–water partition coefficient (Wildman–Crippen LogP) is 3.91. The van der Waals surface area contributed by atoms with Gasteiger partial charge in [-0.2, -0.15) is 0 Å². The molecule has 1 heterocycles. The number of amides is 2. The number of halogens is 1. The minimum atomic E-state index is -2.34. The summed E-state index contributed by atoms with van der Waals surface area (Å²) in [6, 6.07) is 5.07. The standard InChI is InChI=1S/C22H29FN2O5/c1-7-11-29-17-10-8-9-16(12-17)13-18-22(6,23)25(19(26)27)15(2)14-24(18)20(28)30-21(3,4)5/h1,8-10,12,15,18H,11,13-14H2,2-6H3,(H,26,27). The topological polar surface area (TPSA) is 79.3 Å². The first-order chi connectivity index (χ1) is 13.9. The molecule has 7 nitrogen and oxygen atoms in total. The highest BCUT2D eigenvalue weighted by Crippen LogP contribution is 2.36. The van der Waals surface area contributed by atoms with Crippen LogP contribution >= 0.6 is 0 Å². The van der Waals surface area contributed by atoms with E-state index in [9.17, 15) is 14.7 Å². The Morgan fingerprint density at radius 3 is 2.63 bits per heavy atom. The van der Waals surface area contributed by atoms with Gasteiger partial charge in [-0.15, -0.1) is 6.42 Å². The number of piperazine rings is 1. The maximum absolute atomic E-state index is 16.0. The number of carbonyl (C=O) groups excluding carboxylic acids is 1. The molecule has 8 heteroatoms.